The zero-order chi connectivity index (χ0) is 16.8. The molecule has 0 radical (unpaired) electrons. The normalized spacial score (nSPS) is 14.5. The zero-order valence-corrected chi connectivity index (χ0v) is 15.7. The molecule has 132 valence electrons. The van der Waals surface area contributed by atoms with Crippen molar-refractivity contribution >= 4 is 0 Å². The Morgan fingerprint density at radius 3 is 1.82 bits per heavy atom. The zero-order valence-electron chi connectivity index (χ0n) is 15.7. The van der Waals surface area contributed by atoms with E-state index in [0.717, 1.165) is 19.5 Å². The van der Waals surface area contributed by atoms with Crippen molar-refractivity contribution in [3.8, 4) is 0 Å². The van der Waals surface area contributed by atoms with Gasteiger partial charge in [0.2, 0.25) is 0 Å². The van der Waals surface area contributed by atoms with Crippen LogP contribution in [0.4, 0.5) is 0 Å². The van der Waals surface area contributed by atoms with Gasteiger partial charge in [-0.2, -0.15) is 0 Å². The van der Waals surface area contributed by atoms with Gasteiger partial charge < -0.3 is 9.47 Å². The third kappa shape index (κ3) is 6.39. The predicted molar refractivity (Wildman–Crippen MR) is 96.3 cm³/mol. The minimum Gasteiger partial charge on any atom is -0.354 e. The first-order chi connectivity index (χ1) is 10.7. The van der Waals surface area contributed by atoms with E-state index in [-0.39, 0.29) is 11.8 Å². The Labute approximate surface area is 139 Å². The van der Waals surface area contributed by atoms with Gasteiger partial charge in [0.15, 0.2) is 6.29 Å². The van der Waals surface area contributed by atoms with Crippen molar-refractivity contribution < 1.29 is 9.47 Å². The van der Waals surface area contributed by atoms with Crippen LogP contribution in [0.5, 0.6) is 0 Å². The molecule has 0 heterocycles. The lowest BCUT2D eigenvalue weighted by Crippen LogP contribution is -2.56. The fraction of sp³-hybridized carbons (Fsp3) is 0.895. The summed E-state index contributed by atoms with van der Waals surface area (Å²) in [5.74, 6) is 0. The van der Waals surface area contributed by atoms with Crippen molar-refractivity contribution in [2.24, 2.45) is 0 Å². The summed E-state index contributed by atoms with van der Waals surface area (Å²) in [5.41, 5.74) is -0.226. The van der Waals surface area contributed by atoms with Gasteiger partial charge in [-0.15, -0.1) is 6.58 Å². The van der Waals surface area contributed by atoms with Crippen molar-refractivity contribution in [3.63, 3.8) is 0 Å². The lowest BCUT2D eigenvalue weighted by molar-refractivity contribution is -0.175. The molecule has 1 atom stereocenters. The van der Waals surface area contributed by atoms with Gasteiger partial charge in [-0.3, -0.25) is 4.90 Å². The Morgan fingerprint density at radius 1 is 0.909 bits per heavy atom. The van der Waals surface area contributed by atoms with Crippen LogP contribution in [0.1, 0.15) is 72.1 Å². The first-order valence-electron chi connectivity index (χ1n) is 9.10. The molecule has 0 N–H and O–H groups in total. The quantitative estimate of drug-likeness (QED) is 0.241. The van der Waals surface area contributed by atoms with Crippen molar-refractivity contribution in [3.05, 3.63) is 12.7 Å². The van der Waals surface area contributed by atoms with Crippen molar-refractivity contribution in [2.75, 3.05) is 27.3 Å². The number of hydrogen-bond donors (Lipinski definition) is 0. The van der Waals surface area contributed by atoms with E-state index in [1.165, 1.54) is 44.9 Å². The molecule has 0 aliphatic rings. The Hall–Kier alpha value is -0.380. The van der Waals surface area contributed by atoms with E-state index in [1.54, 1.807) is 14.2 Å². The maximum atomic E-state index is 5.62. The molecule has 0 rings (SSSR count). The van der Waals surface area contributed by atoms with Gasteiger partial charge >= 0.3 is 0 Å². The largest absolute Gasteiger partial charge is 0.354 e. The number of hydrogen-bond acceptors (Lipinski definition) is 3. The third-order valence-corrected chi connectivity index (χ3v) is 4.72. The topological polar surface area (TPSA) is 21.7 Å². The smallest absolute Gasteiger partial charge is 0.178 e. The van der Waals surface area contributed by atoms with Crippen LogP contribution in [-0.2, 0) is 9.47 Å². The second kappa shape index (κ2) is 13.1. The van der Waals surface area contributed by atoms with Crippen LogP contribution in [0.25, 0.3) is 0 Å². The average Bonchev–Trinajstić information content (AvgIpc) is 2.55. The maximum Gasteiger partial charge on any atom is 0.178 e. The SMILES string of the molecule is C=CC(CCCCCCCCC)(C(OC)OC)N(CC)CC. The molecule has 0 saturated heterocycles. The molecular weight excluding hydrogens is 274 g/mol. The standard InChI is InChI=1S/C19H39NO2/c1-7-11-12-13-14-15-16-17-19(8-2,18(21-5)22-6)20(9-3)10-4/h8,18H,2,7,9-17H2,1,3-6H3. The van der Waals surface area contributed by atoms with Crippen LogP contribution >= 0.6 is 0 Å². The Balaban J connectivity index is 4.62. The molecule has 3 heteroatoms. The van der Waals surface area contributed by atoms with Gasteiger partial charge in [-0.25, -0.2) is 0 Å². The lowest BCUT2D eigenvalue weighted by atomic mass is 9.88. The molecule has 0 aromatic carbocycles. The predicted octanol–water partition coefficient (Wildman–Crippen LogP) is 5.01. The summed E-state index contributed by atoms with van der Waals surface area (Å²) in [7, 11) is 3.45. The number of ether oxygens (including phenoxy) is 2. The van der Waals surface area contributed by atoms with Crippen LogP contribution in [0.15, 0.2) is 12.7 Å². The second-order valence-corrected chi connectivity index (χ2v) is 6.04. The van der Waals surface area contributed by atoms with Crippen molar-refractivity contribution in [2.45, 2.75) is 84.0 Å². The van der Waals surface area contributed by atoms with Gasteiger partial charge in [-0.05, 0) is 19.5 Å². The van der Waals surface area contributed by atoms with Gasteiger partial charge in [-0.1, -0.05) is 71.8 Å². The summed E-state index contributed by atoms with van der Waals surface area (Å²) >= 11 is 0. The van der Waals surface area contributed by atoms with Crippen LogP contribution < -0.4 is 0 Å². The monoisotopic (exact) mass is 313 g/mol. The summed E-state index contributed by atoms with van der Waals surface area (Å²) in [5, 5.41) is 0. The molecule has 0 fully saturated rings. The van der Waals surface area contributed by atoms with E-state index < -0.39 is 0 Å². The molecule has 0 aromatic heterocycles. The molecule has 0 aromatic rings. The molecular formula is C19H39NO2. The molecule has 0 amide bonds. The highest BCUT2D eigenvalue weighted by molar-refractivity contribution is 5.07. The van der Waals surface area contributed by atoms with Gasteiger partial charge in [0, 0.05) is 14.2 Å². The fourth-order valence-corrected chi connectivity index (χ4v) is 3.43. The minimum absolute atomic E-state index is 0.226. The summed E-state index contributed by atoms with van der Waals surface area (Å²) in [6.45, 7) is 12.7. The summed E-state index contributed by atoms with van der Waals surface area (Å²) in [4.78, 5) is 2.41. The molecule has 0 saturated carbocycles. The first kappa shape index (κ1) is 21.6. The number of nitrogens with zero attached hydrogens (tertiary/aromatic N) is 1. The summed E-state index contributed by atoms with van der Waals surface area (Å²) < 4.78 is 11.2. The van der Waals surface area contributed by atoms with E-state index in [4.69, 9.17) is 9.47 Å². The number of methoxy groups -OCH3 is 2. The molecule has 1 unspecified atom stereocenters. The fourth-order valence-electron chi connectivity index (χ4n) is 3.43. The van der Waals surface area contributed by atoms with E-state index in [1.807, 2.05) is 6.08 Å². The molecule has 22 heavy (non-hydrogen) atoms. The van der Waals surface area contributed by atoms with Gasteiger partial charge in [0.1, 0.15) is 0 Å². The third-order valence-electron chi connectivity index (χ3n) is 4.72. The maximum absolute atomic E-state index is 5.62. The number of unbranched alkanes of at least 4 members (excludes halogenated alkanes) is 6. The highest BCUT2D eigenvalue weighted by atomic mass is 16.7. The van der Waals surface area contributed by atoms with Crippen molar-refractivity contribution in [1.82, 2.24) is 4.90 Å². The van der Waals surface area contributed by atoms with E-state index in [2.05, 4.69) is 32.3 Å². The molecule has 0 bridgehead atoms. The Bertz CT molecular complexity index is 248. The Morgan fingerprint density at radius 2 is 1.41 bits per heavy atom. The second-order valence-electron chi connectivity index (χ2n) is 6.04. The Kier molecular flexibility index (Phi) is 12.9. The average molecular weight is 314 g/mol. The molecule has 0 spiro atoms. The summed E-state index contributed by atoms with van der Waals surface area (Å²) in [6.07, 6.45) is 12.0. The summed E-state index contributed by atoms with van der Waals surface area (Å²) in [6, 6.07) is 0. The van der Waals surface area contributed by atoms with Crippen LogP contribution in [0.3, 0.4) is 0 Å². The minimum atomic E-state index is -0.259. The van der Waals surface area contributed by atoms with Crippen LogP contribution in [-0.4, -0.2) is 44.0 Å². The van der Waals surface area contributed by atoms with Crippen LogP contribution in [0.2, 0.25) is 0 Å². The molecule has 3 nitrogen and oxygen atoms in total. The van der Waals surface area contributed by atoms with E-state index in [9.17, 15) is 0 Å². The highest BCUT2D eigenvalue weighted by Crippen LogP contribution is 2.30. The molecule has 0 aliphatic heterocycles. The lowest BCUT2D eigenvalue weighted by Gasteiger charge is -2.45. The van der Waals surface area contributed by atoms with Crippen LogP contribution in [0, 0.1) is 0 Å². The van der Waals surface area contributed by atoms with Gasteiger partial charge in [0.05, 0.1) is 5.54 Å². The number of likely N-dealkylation sites (N-methyl/N-ethyl adjacent to an activating group) is 1. The molecule has 0 aliphatic carbocycles. The number of rotatable bonds is 15. The van der Waals surface area contributed by atoms with Gasteiger partial charge in [0.25, 0.3) is 0 Å². The van der Waals surface area contributed by atoms with E-state index >= 15 is 0 Å². The first-order valence-corrected chi connectivity index (χ1v) is 9.10. The van der Waals surface area contributed by atoms with Crippen molar-refractivity contribution in [1.29, 1.82) is 0 Å². The highest BCUT2D eigenvalue weighted by Gasteiger charge is 2.40. The van der Waals surface area contributed by atoms with E-state index in [0.29, 0.717) is 0 Å².